The SMILES string of the molecule is COc1ccc(CC(=O)N2CCC[C@H]2c2nc3ccccc3[nH]2)cc1. The van der Waals surface area contributed by atoms with Gasteiger partial charge in [0, 0.05) is 6.54 Å². The van der Waals surface area contributed by atoms with Gasteiger partial charge in [-0.2, -0.15) is 0 Å². The van der Waals surface area contributed by atoms with E-state index >= 15 is 0 Å². The second-order valence-corrected chi connectivity index (χ2v) is 6.41. The summed E-state index contributed by atoms with van der Waals surface area (Å²) in [6, 6.07) is 15.7. The van der Waals surface area contributed by atoms with E-state index in [2.05, 4.69) is 4.98 Å². The molecule has 25 heavy (non-hydrogen) atoms. The van der Waals surface area contributed by atoms with Crippen molar-refractivity contribution in [2.75, 3.05) is 13.7 Å². The van der Waals surface area contributed by atoms with Gasteiger partial charge in [-0.25, -0.2) is 4.98 Å². The molecule has 1 aliphatic rings. The number of aromatic amines is 1. The maximum atomic E-state index is 12.8. The number of fused-ring (bicyclic) bond motifs is 1. The van der Waals surface area contributed by atoms with E-state index in [1.54, 1.807) is 7.11 Å². The molecule has 1 N–H and O–H groups in total. The molecule has 0 spiro atoms. The Balaban J connectivity index is 1.52. The lowest BCUT2D eigenvalue weighted by Gasteiger charge is -2.23. The van der Waals surface area contributed by atoms with E-state index in [1.807, 2.05) is 53.4 Å². The van der Waals surface area contributed by atoms with Crippen LogP contribution in [0.1, 0.15) is 30.3 Å². The first-order valence-corrected chi connectivity index (χ1v) is 8.61. The number of nitrogens with one attached hydrogen (secondary N) is 1. The van der Waals surface area contributed by atoms with Crippen LogP contribution in [0.4, 0.5) is 0 Å². The predicted molar refractivity (Wildman–Crippen MR) is 96.5 cm³/mol. The Hall–Kier alpha value is -2.82. The largest absolute Gasteiger partial charge is 0.497 e. The van der Waals surface area contributed by atoms with Crippen molar-refractivity contribution in [3.8, 4) is 5.75 Å². The molecular weight excluding hydrogens is 314 g/mol. The molecule has 4 rings (SSSR count). The summed E-state index contributed by atoms with van der Waals surface area (Å²) in [6.07, 6.45) is 2.37. The number of benzene rings is 2. The van der Waals surface area contributed by atoms with Gasteiger partial charge in [-0.15, -0.1) is 0 Å². The zero-order valence-corrected chi connectivity index (χ0v) is 14.2. The van der Waals surface area contributed by atoms with Gasteiger partial charge in [0.05, 0.1) is 30.6 Å². The number of hydrogen-bond donors (Lipinski definition) is 1. The molecule has 0 saturated carbocycles. The molecule has 1 atom stereocenters. The fraction of sp³-hybridized carbons (Fsp3) is 0.300. The van der Waals surface area contributed by atoms with E-state index in [-0.39, 0.29) is 11.9 Å². The van der Waals surface area contributed by atoms with Crippen molar-refractivity contribution in [2.45, 2.75) is 25.3 Å². The van der Waals surface area contributed by atoms with Crippen LogP contribution in [0.2, 0.25) is 0 Å². The van der Waals surface area contributed by atoms with Crippen LogP contribution in [-0.2, 0) is 11.2 Å². The molecule has 3 aromatic rings. The quantitative estimate of drug-likeness (QED) is 0.794. The van der Waals surface area contributed by atoms with Crippen LogP contribution >= 0.6 is 0 Å². The molecule has 1 fully saturated rings. The number of carbonyl (C=O) groups excluding carboxylic acids is 1. The predicted octanol–water partition coefficient (Wildman–Crippen LogP) is 3.48. The van der Waals surface area contributed by atoms with E-state index < -0.39 is 0 Å². The van der Waals surface area contributed by atoms with Crippen LogP contribution < -0.4 is 4.74 Å². The summed E-state index contributed by atoms with van der Waals surface area (Å²) < 4.78 is 5.17. The number of nitrogens with zero attached hydrogens (tertiary/aromatic N) is 2. The Morgan fingerprint density at radius 3 is 2.80 bits per heavy atom. The normalized spacial score (nSPS) is 17.2. The Bertz CT molecular complexity index is 852. The van der Waals surface area contributed by atoms with Gasteiger partial charge in [0.2, 0.25) is 5.91 Å². The van der Waals surface area contributed by atoms with E-state index in [1.165, 1.54) is 0 Å². The highest BCUT2D eigenvalue weighted by Crippen LogP contribution is 2.32. The van der Waals surface area contributed by atoms with Gasteiger partial charge >= 0.3 is 0 Å². The van der Waals surface area contributed by atoms with Crippen molar-refractivity contribution < 1.29 is 9.53 Å². The van der Waals surface area contributed by atoms with Crippen molar-refractivity contribution >= 4 is 16.9 Å². The van der Waals surface area contributed by atoms with E-state index in [4.69, 9.17) is 9.72 Å². The van der Waals surface area contributed by atoms with Crippen molar-refractivity contribution in [1.82, 2.24) is 14.9 Å². The lowest BCUT2D eigenvalue weighted by molar-refractivity contribution is -0.131. The first-order chi connectivity index (χ1) is 12.2. The molecule has 128 valence electrons. The average molecular weight is 335 g/mol. The third kappa shape index (κ3) is 3.09. The second-order valence-electron chi connectivity index (χ2n) is 6.41. The summed E-state index contributed by atoms with van der Waals surface area (Å²) in [6.45, 7) is 0.788. The van der Waals surface area contributed by atoms with Gasteiger partial charge in [0.1, 0.15) is 11.6 Å². The van der Waals surface area contributed by atoms with Crippen molar-refractivity contribution in [1.29, 1.82) is 0 Å². The van der Waals surface area contributed by atoms with Gasteiger partial charge in [0.15, 0.2) is 0 Å². The Morgan fingerprint density at radius 1 is 1.24 bits per heavy atom. The molecule has 5 heteroatoms. The number of aromatic nitrogens is 2. The number of methoxy groups -OCH3 is 1. The molecule has 1 saturated heterocycles. The van der Waals surface area contributed by atoms with E-state index in [0.29, 0.717) is 6.42 Å². The lowest BCUT2D eigenvalue weighted by Crippen LogP contribution is -2.32. The fourth-order valence-electron chi connectivity index (χ4n) is 3.50. The molecule has 1 aromatic heterocycles. The van der Waals surface area contributed by atoms with Gasteiger partial charge in [0.25, 0.3) is 0 Å². The van der Waals surface area contributed by atoms with Crippen LogP contribution in [0, 0.1) is 0 Å². The minimum absolute atomic E-state index is 0.0400. The maximum absolute atomic E-state index is 12.8. The van der Waals surface area contributed by atoms with Gasteiger partial charge in [-0.05, 0) is 42.7 Å². The van der Waals surface area contributed by atoms with Crippen molar-refractivity contribution in [3.05, 3.63) is 59.9 Å². The second kappa shape index (κ2) is 6.59. The van der Waals surface area contributed by atoms with Crippen molar-refractivity contribution in [3.63, 3.8) is 0 Å². The third-order valence-corrected chi connectivity index (χ3v) is 4.81. The van der Waals surface area contributed by atoms with Crippen LogP contribution in [0.3, 0.4) is 0 Å². The molecule has 0 radical (unpaired) electrons. The number of amides is 1. The average Bonchev–Trinajstić information content (AvgIpc) is 3.28. The minimum Gasteiger partial charge on any atom is -0.497 e. The van der Waals surface area contributed by atoms with Gasteiger partial charge in [-0.1, -0.05) is 24.3 Å². The molecule has 0 bridgehead atoms. The topological polar surface area (TPSA) is 58.2 Å². The highest BCUT2D eigenvalue weighted by molar-refractivity contribution is 5.80. The molecule has 0 aliphatic carbocycles. The number of H-pyrrole nitrogens is 1. The molecular formula is C20H21N3O2. The van der Waals surface area contributed by atoms with E-state index in [0.717, 1.165) is 47.6 Å². The molecule has 5 nitrogen and oxygen atoms in total. The summed E-state index contributed by atoms with van der Waals surface area (Å²) in [5.41, 5.74) is 2.97. The van der Waals surface area contributed by atoms with Crippen molar-refractivity contribution in [2.24, 2.45) is 0 Å². The van der Waals surface area contributed by atoms with Gasteiger partial charge < -0.3 is 14.6 Å². The maximum Gasteiger partial charge on any atom is 0.227 e. The Morgan fingerprint density at radius 2 is 2.04 bits per heavy atom. The first-order valence-electron chi connectivity index (χ1n) is 8.61. The number of carbonyl (C=O) groups is 1. The first kappa shape index (κ1) is 15.7. The number of ether oxygens (including phenoxy) is 1. The molecule has 2 heterocycles. The Labute approximate surface area is 146 Å². The fourth-order valence-corrected chi connectivity index (χ4v) is 3.50. The standard InChI is InChI=1S/C20H21N3O2/c1-25-15-10-8-14(9-11-15)13-19(24)23-12-4-7-18(23)20-21-16-5-2-3-6-17(16)22-20/h2-3,5-6,8-11,18H,4,7,12-13H2,1H3,(H,21,22)/t18-/m0/s1. The molecule has 0 unspecified atom stereocenters. The van der Waals surface area contributed by atoms with Crippen LogP contribution in [0.15, 0.2) is 48.5 Å². The summed E-state index contributed by atoms with van der Waals surface area (Å²) in [5.74, 6) is 1.84. The minimum atomic E-state index is 0.0400. The monoisotopic (exact) mass is 335 g/mol. The van der Waals surface area contributed by atoms with Crippen LogP contribution in [0.5, 0.6) is 5.75 Å². The van der Waals surface area contributed by atoms with Gasteiger partial charge in [-0.3, -0.25) is 4.79 Å². The zero-order chi connectivity index (χ0) is 17.2. The summed E-state index contributed by atoms with van der Waals surface area (Å²) in [4.78, 5) is 22.9. The summed E-state index contributed by atoms with van der Waals surface area (Å²) in [7, 11) is 1.64. The lowest BCUT2D eigenvalue weighted by atomic mass is 10.1. The highest BCUT2D eigenvalue weighted by Gasteiger charge is 2.31. The summed E-state index contributed by atoms with van der Waals surface area (Å²) in [5, 5.41) is 0. The molecule has 2 aromatic carbocycles. The number of hydrogen-bond acceptors (Lipinski definition) is 3. The number of likely N-dealkylation sites (tertiary alicyclic amines) is 1. The molecule has 1 aliphatic heterocycles. The third-order valence-electron chi connectivity index (χ3n) is 4.81. The number of rotatable bonds is 4. The zero-order valence-electron chi connectivity index (χ0n) is 14.2. The number of imidazole rings is 1. The van der Waals surface area contributed by atoms with Crippen LogP contribution in [0.25, 0.3) is 11.0 Å². The number of para-hydroxylation sites is 2. The summed E-state index contributed by atoms with van der Waals surface area (Å²) >= 11 is 0. The van der Waals surface area contributed by atoms with Crippen LogP contribution in [-0.4, -0.2) is 34.4 Å². The van der Waals surface area contributed by atoms with E-state index in [9.17, 15) is 4.79 Å². The molecule has 1 amide bonds. The Kier molecular flexibility index (Phi) is 4.14. The smallest absolute Gasteiger partial charge is 0.227 e. The highest BCUT2D eigenvalue weighted by atomic mass is 16.5.